The zero-order valence-corrected chi connectivity index (χ0v) is 15.2. The van der Waals surface area contributed by atoms with Crippen molar-refractivity contribution in [2.45, 2.75) is 72.0 Å². The molecule has 1 aliphatic carbocycles. The van der Waals surface area contributed by atoms with Crippen LogP contribution in [0.4, 0.5) is 0 Å². The molecule has 3 heteroatoms. The third-order valence-electron chi connectivity index (χ3n) is 4.96. The predicted octanol–water partition coefficient (Wildman–Crippen LogP) is 4.50. The van der Waals surface area contributed by atoms with Crippen LogP contribution < -0.4 is 5.73 Å². The summed E-state index contributed by atoms with van der Waals surface area (Å²) in [7, 11) is 0. The van der Waals surface area contributed by atoms with Gasteiger partial charge in [0.1, 0.15) is 0 Å². The van der Waals surface area contributed by atoms with Gasteiger partial charge in [-0.1, -0.05) is 26.8 Å². The molecule has 1 heterocycles. The predicted molar refractivity (Wildman–Crippen MR) is 93.6 cm³/mol. The normalized spacial score (nSPS) is 29.2. The van der Waals surface area contributed by atoms with E-state index >= 15 is 0 Å². The van der Waals surface area contributed by atoms with Crippen molar-refractivity contribution < 1.29 is 0 Å². The van der Waals surface area contributed by atoms with Crippen LogP contribution in [0.2, 0.25) is 0 Å². The lowest BCUT2D eigenvalue weighted by molar-refractivity contribution is -0.0338. The van der Waals surface area contributed by atoms with E-state index in [1.165, 1.54) is 24.1 Å². The lowest BCUT2D eigenvalue weighted by Crippen LogP contribution is -2.60. The molecule has 21 heavy (non-hydrogen) atoms. The molecule has 1 aromatic heterocycles. The molecule has 0 spiro atoms. The van der Waals surface area contributed by atoms with Crippen molar-refractivity contribution in [2.75, 3.05) is 6.54 Å². The van der Waals surface area contributed by atoms with E-state index in [4.69, 9.17) is 5.73 Å². The first-order valence-corrected chi connectivity index (χ1v) is 9.15. The van der Waals surface area contributed by atoms with E-state index in [1.54, 1.807) is 0 Å². The van der Waals surface area contributed by atoms with Gasteiger partial charge >= 0.3 is 0 Å². The van der Waals surface area contributed by atoms with Gasteiger partial charge in [0.25, 0.3) is 0 Å². The largest absolute Gasteiger partial charge is 0.329 e. The number of rotatable bonds is 5. The van der Waals surface area contributed by atoms with Gasteiger partial charge in [0.15, 0.2) is 0 Å². The molecule has 0 amide bonds. The summed E-state index contributed by atoms with van der Waals surface area (Å²) in [5.41, 5.74) is 6.89. The van der Waals surface area contributed by atoms with E-state index in [0.717, 1.165) is 19.0 Å². The molecule has 0 saturated heterocycles. The third kappa shape index (κ3) is 3.88. The highest BCUT2D eigenvalue weighted by Crippen LogP contribution is 2.47. The van der Waals surface area contributed by atoms with Crippen LogP contribution in [0.1, 0.15) is 58.8 Å². The summed E-state index contributed by atoms with van der Waals surface area (Å²) < 4.78 is 0. The van der Waals surface area contributed by atoms with E-state index in [0.29, 0.717) is 11.5 Å². The number of hydrogen-bond acceptors (Lipinski definition) is 3. The maximum Gasteiger partial charge on any atom is 0.0345 e. The third-order valence-corrected chi connectivity index (χ3v) is 5.82. The molecular formula is C18H32N2S. The first-order valence-electron chi connectivity index (χ1n) is 8.27. The Morgan fingerprint density at radius 2 is 2.10 bits per heavy atom. The summed E-state index contributed by atoms with van der Waals surface area (Å²) in [6, 6.07) is 4.93. The highest BCUT2D eigenvalue weighted by atomic mass is 32.1. The van der Waals surface area contributed by atoms with Crippen LogP contribution in [-0.2, 0) is 6.54 Å². The minimum atomic E-state index is 0.152. The van der Waals surface area contributed by atoms with Crippen LogP contribution in [0.5, 0.6) is 0 Å². The minimum Gasteiger partial charge on any atom is -0.329 e. The van der Waals surface area contributed by atoms with Crippen molar-refractivity contribution in [3.05, 3.63) is 22.4 Å². The smallest absolute Gasteiger partial charge is 0.0345 e. The summed E-state index contributed by atoms with van der Waals surface area (Å²) in [6.45, 7) is 13.7. The van der Waals surface area contributed by atoms with Crippen molar-refractivity contribution in [1.82, 2.24) is 4.90 Å². The summed E-state index contributed by atoms with van der Waals surface area (Å²) in [5.74, 6) is 0.752. The Morgan fingerprint density at radius 1 is 1.38 bits per heavy atom. The van der Waals surface area contributed by atoms with Gasteiger partial charge in [0, 0.05) is 29.5 Å². The Kier molecular flexibility index (Phi) is 5.17. The lowest BCUT2D eigenvalue weighted by Gasteiger charge is -2.54. The van der Waals surface area contributed by atoms with Crippen molar-refractivity contribution in [2.24, 2.45) is 17.1 Å². The second-order valence-electron chi connectivity index (χ2n) is 8.08. The number of hydrogen-bond donors (Lipinski definition) is 1. The first-order chi connectivity index (χ1) is 9.78. The van der Waals surface area contributed by atoms with Crippen molar-refractivity contribution in [1.29, 1.82) is 0 Å². The maximum absolute atomic E-state index is 6.35. The molecule has 2 unspecified atom stereocenters. The quantitative estimate of drug-likeness (QED) is 0.867. The van der Waals surface area contributed by atoms with Gasteiger partial charge in [-0.25, -0.2) is 0 Å². The molecule has 1 saturated carbocycles. The Bertz CT molecular complexity index is 438. The van der Waals surface area contributed by atoms with Gasteiger partial charge < -0.3 is 5.73 Å². The van der Waals surface area contributed by atoms with Crippen LogP contribution in [0.15, 0.2) is 17.5 Å². The van der Waals surface area contributed by atoms with E-state index in [9.17, 15) is 0 Å². The summed E-state index contributed by atoms with van der Waals surface area (Å²) in [6.07, 6.45) is 3.76. The first kappa shape index (κ1) is 17.0. The molecule has 2 rings (SSSR count). The molecular weight excluding hydrogens is 276 g/mol. The maximum atomic E-state index is 6.35. The van der Waals surface area contributed by atoms with Gasteiger partial charge in [-0.05, 0) is 55.9 Å². The fraction of sp³-hybridized carbons (Fsp3) is 0.778. The molecule has 1 aromatic rings. The molecule has 2 nitrogen and oxygen atoms in total. The van der Waals surface area contributed by atoms with Crippen molar-refractivity contribution in [3.8, 4) is 0 Å². The van der Waals surface area contributed by atoms with E-state index in [-0.39, 0.29) is 5.54 Å². The molecule has 0 bridgehead atoms. The Morgan fingerprint density at radius 3 is 2.57 bits per heavy atom. The average molecular weight is 309 g/mol. The molecule has 1 aliphatic rings. The SMILES string of the molecule is CC1CC(C)(C)CC(CN)(N(Cc2cccs2)C(C)C)C1. The zero-order valence-electron chi connectivity index (χ0n) is 14.4. The molecule has 0 radical (unpaired) electrons. The van der Waals surface area contributed by atoms with Crippen LogP contribution in [0.25, 0.3) is 0 Å². The minimum absolute atomic E-state index is 0.152. The lowest BCUT2D eigenvalue weighted by atomic mass is 9.63. The summed E-state index contributed by atoms with van der Waals surface area (Å²) >= 11 is 1.86. The molecule has 120 valence electrons. The average Bonchev–Trinajstić information content (AvgIpc) is 2.85. The van der Waals surface area contributed by atoms with E-state index in [2.05, 4.69) is 57.0 Å². The summed E-state index contributed by atoms with van der Waals surface area (Å²) in [4.78, 5) is 4.13. The Hall–Kier alpha value is -0.380. The van der Waals surface area contributed by atoms with Gasteiger partial charge in [0.2, 0.25) is 0 Å². The molecule has 2 N–H and O–H groups in total. The fourth-order valence-electron chi connectivity index (χ4n) is 4.66. The standard InChI is InChI=1S/C18H32N2S/c1-14(2)20(11-16-7-6-8-21-16)18(13-19)10-15(3)9-17(4,5)12-18/h6-8,14-15H,9-13,19H2,1-5H3. The summed E-state index contributed by atoms with van der Waals surface area (Å²) in [5, 5.41) is 2.18. The van der Waals surface area contributed by atoms with Crippen LogP contribution in [0.3, 0.4) is 0 Å². The second-order valence-corrected chi connectivity index (χ2v) is 9.12. The Labute approximate surface area is 134 Å². The molecule has 0 aliphatic heterocycles. The van der Waals surface area contributed by atoms with Gasteiger partial charge in [-0.2, -0.15) is 0 Å². The molecule has 0 aromatic carbocycles. The van der Waals surface area contributed by atoms with E-state index in [1.807, 2.05) is 11.3 Å². The van der Waals surface area contributed by atoms with Gasteiger partial charge in [-0.3, -0.25) is 4.90 Å². The van der Waals surface area contributed by atoms with Crippen molar-refractivity contribution in [3.63, 3.8) is 0 Å². The topological polar surface area (TPSA) is 29.3 Å². The highest BCUT2D eigenvalue weighted by Gasteiger charge is 2.46. The number of nitrogens with zero attached hydrogens (tertiary/aromatic N) is 1. The van der Waals surface area contributed by atoms with Gasteiger partial charge in [0.05, 0.1) is 0 Å². The van der Waals surface area contributed by atoms with Gasteiger partial charge in [-0.15, -0.1) is 11.3 Å². The molecule has 1 fully saturated rings. The number of thiophene rings is 1. The second kappa shape index (κ2) is 6.39. The monoisotopic (exact) mass is 308 g/mol. The van der Waals surface area contributed by atoms with Crippen molar-refractivity contribution >= 4 is 11.3 Å². The number of nitrogens with two attached hydrogens (primary N) is 1. The molecule has 2 atom stereocenters. The zero-order chi connectivity index (χ0) is 15.7. The Balaban J connectivity index is 2.29. The fourth-order valence-corrected chi connectivity index (χ4v) is 5.36. The van der Waals surface area contributed by atoms with Crippen LogP contribution >= 0.6 is 11.3 Å². The van der Waals surface area contributed by atoms with E-state index < -0.39 is 0 Å². The van der Waals surface area contributed by atoms with Crippen LogP contribution in [0, 0.1) is 11.3 Å². The van der Waals surface area contributed by atoms with Crippen LogP contribution in [-0.4, -0.2) is 23.0 Å². The highest BCUT2D eigenvalue weighted by molar-refractivity contribution is 7.09.